The van der Waals surface area contributed by atoms with E-state index in [0.717, 1.165) is 42.7 Å². The van der Waals surface area contributed by atoms with Crippen LogP contribution in [-0.4, -0.2) is 64.2 Å². The van der Waals surface area contributed by atoms with Crippen molar-refractivity contribution in [2.45, 2.75) is 57.7 Å². The second-order valence-corrected chi connectivity index (χ2v) is 11.3. The molecule has 0 bridgehead atoms. The molecule has 2 aromatic rings. The molecule has 0 aromatic heterocycles. The molecule has 1 atom stereocenters. The van der Waals surface area contributed by atoms with Crippen molar-refractivity contribution in [3.05, 3.63) is 53.8 Å². The SMILES string of the molecule is COc1ccc(N(CC(=O)N(Cc2ccccc2F)[C@H](C)C(=O)NC2CCCCC2)S(C)(=O)=O)c(OC)c1. The number of carbonyl (C=O) groups is 2. The van der Waals surface area contributed by atoms with E-state index >= 15 is 0 Å². The number of methoxy groups -OCH3 is 2. The molecule has 38 heavy (non-hydrogen) atoms. The molecule has 11 heteroatoms. The van der Waals surface area contributed by atoms with Crippen LogP contribution in [-0.2, 0) is 26.2 Å². The fraction of sp³-hybridized carbons (Fsp3) is 0.481. The number of hydrogen-bond acceptors (Lipinski definition) is 6. The van der Waals surface area contributed by atoms with Crippen molar-refractivity contribution in [2.24, 2.45) is 0 Å². The second kappa shape index (κ2) is 12.9. The summed E-state index contributed by atoms with van der Waals surface area (Å²) in [5.41, 5.74) is 0.348. The third kappa shape index (κ3) is 7.37. The molecule has 208 valence electrons. The Morgan fingerprint density at radius 3 is 2.37 bits per heavy atom. The van der Waals surface area contributed by atoms with Crippen molar-refractivity contribution in [1.82, 2.24) is 10.2 Å². The molecule has 0 heterocycles. The van der Waals surface area contributed by atoms with Gasteiger partial charge in [0.25, 0.3) is 0 Å². The van der Waals surface area contributed by atoms with Crippen LogP contribution in [0.15, 0.2) is 42.5 Å². The van der Waals surface area contributed by atoms with Gasteiger partial charge in [0.1, 0.15) is 29.9 Å². The molecule has 3 rings (SSSR count). The van der Waals surface area contributed by atoms with Crippen LogP contribution in [0.25, 0.3) is 0 Å². The lowest BCUT2D eigenvalue weighted by Crippen LogP contribution is -2.53. The number of amides is 2. The topological polar surface area (TPSA) is 105 Å². The van der Waals surface area contributed by atoms with E-state index in [1.807, 2.05) is 0 Å². The number of nitrogens with zero attached hydrogens (tertiary/aromatic N) is 2. The molecule has 1 fully saturated rings. The summed E-state index contributed by atoms with van der Waals surface area (Å²) >= 11 is 0. The Balaban J connectivity index is 1.93. The largest absolute Gasteiger partial charge is 0.497 e. The molecule has 2 aromatic carbocycles. The molecule has 1 saturated carbocycles. The zero-order valence-electron chi connectivity index (χ0n) is 22.3. The molecule has 0 spiro atoms. The van der Waals surface area contributed by atoms with Gasteiger partial charge < -0.3 is 19.7 Å². The van der Waals surface area contributed by atoms with Crippen molar-refractivity contribution < 1.29 is 31.9 Å². The number of rotatable bonds is 11. The Kier molecular flexibility index (Phi) is 9.96. The fourth-order valence-corrected chi connectivity index (χ4v) is 5.40. The molecule has 1 N–H and O–H groups in total. The third-order valence-electron chi connectivity index (χ3n) is 6.75. The monoisotopic (exact) mass is 549 g/mol. The Hall–Kier alpha value is -3.34. The number of carbonyl (C=O) groups excluding carboxylic acids is 2. The van der Waals surface area contributed by atoms with Crippen LogP contribution in [0.2, 0.25) is 0 Å². The molecule has 1 aliphatic rings. The van der Waals surface area contributed by atoms with Crippen LogP contribution in [0, 0.1) is 5.82 Å². The minimum atomic E-state index is -3.96. The van der Waals surface area contributed by atoms with Crippen LogP contribution >= 0.6 is 0 Å². The Morgan fingerprint density at radius 2 is 1.76 bits per heavy atom. The van der Waals surface area contributed by atoms with E-state index in [-0.39, 0.29) is 35.5 Å². The minimum Gasteiger partial charge on any atom is -0.497 e. The highest BCUT2D eigenvalue weighted by Gasteiger charge is 2.32. The first-order chi connectivity index (χ1) is 18.0. The van der Waals surface area contributed by atoms with E-state index in [4.69, 9.17) is 9.47 Å². The first kappa shape index (κ1) is 29.2. The maximum atomic E-state index is 14.6. The molecule has 0 radical (unpaired) electrons. The summed E-state index contributed by atoms with van der Waals surface area (Å²) in [6.07, 6.45) is 5.85. The van der Waals surface area contributed by atoms with Gasteiger partial charge >= 0.3 is 0 Å². The van der Waals surface area contributed by atoms with Gasteiger partial charge in [0.15, 0.2) is 0 Å². The van der Waals surface area contributed by atoms with E-state index in [2.05, 4.69) is 5.32 Å². The summed E-state index contributed by atoms with van der Waals surface area (Å²) in [5.74, 6) is -0.926. The molecular formula is C27H36FN3O6S. The van der Waals surface area contributed by atoms with Crippen LogP contribution in [0.4, 0.5) is 10.1 Å². The van der Waals surface area contributed by atoms with Crippen molar-refractivity contribution >= 4 is 27.5 Å². The predicted octanol–water partition coefficient (Wildman–Crippen LogP) is 3.48. The van der Waals surface area contributed by atoms with Gasteiger partial charge in [0.2, 0.25) is 21.8 Å². The normalized spacial score (nSPS) is 14.9. The van der Waals surface area contributed by atoms with Gasteiger partial charge in [-0.1, -0.05) is 37.5 Å². The van der Waals surface area contributed by atoms with E-state index in [0.29, 0.717) is 5.75 Å². The van der Waals surface area contributed by atoms with Crippen molar-refractivity contribution in [2.75, 3.05) is 31.3 Å². The van der Waals surface area contributed by atoms with Gasteiger partial charge in [-0.2, -0.15) is 0 Å². The highest BCUT2D eigenvalue weighted by molar-refractivity contribution is 7.92. The van der Waals surface area contributed by atoms with E-state index in [1.54, 1.807) is 19.1 Å². The summed E-state index contributed by atoms with van der Waals surface area (Å²) in [7, 11) is -1.12. The van der Waals surface area contributed by atoms with Crippen LogP contribution in [0.5, 0.6) is 11.5 Å². The van der Waals surface area contributed by atoms with Crippen molar-refractivity contribution in [1.29, 1.82) is 0 Å². The number of sulfonamides is 1. The molecule has 0 saturated heterocycles. The van der Waals surface area contributed by atoms with E-state index in [9.17, 15) is 22.4 Å². The van der Waals surface area contributed by atoms with Crippen molar-refractivity contribution in [3.8, 4) is 11.5 Å². The molecule has 1 aliphatic carbocycles. The van der Waals surface area contributed by atoms with Crippen LogP contribution in [0.1, 0.15) is 44.6 Å². The second-order valence-electron chi connectivity index (χ2n) is 9.44. The first-order valence-electron chi connectivity index (χ1n) is 12.6. The van der Waals surface area contributed by atoms with Crippen LogP contribution in [0.3, 0.4) is 0 Å². The maximum absolute atomic E-state index is 14.6. The zero-order chi connectivity index (χ0) is 27.9. The van der Waals surface area contributed by atoms with Gasteiger partial charge in [-0.3, -0.25) is 13.9 Å². The highest BCUT2D eigenvalue weighted by atomic mass is 32.2. The van der Waals surface area contributed by atoms with Gasteiger partial charge in [-0.15, -0.1) is 0 Å². The fourth-order valence-electron chi connectivity index (χ4n) is 4.55. The summed E-state index contributed by atoms with van der Waals surface area (Å²) in [5, 5.41) is 3.01. The molecule has 0 aliphatic heterocycles. The number of halogens is 1. The number of nitrogens with one attached hydrogen (secondary N) is 1. The van der Waals surface area contributed by atoms with Crippen LogP contribution < -0.4 is 19.1 Å². The minimum absolute atomic E-state index is 0.0141. The standard InChI is InChI=1S/C27H36FN3O6S/c1-19(27(33)29-21-11-6-5-7-12-21)30(17-20-10-8-9-13-23(20)28)26(32)18-31(38(4,34)35)24-15-14-22(36-2)16-25(24)37-3/h8-10,13-16,19,21H,5-7,11-12,17-18H2,1-4H3,(H,29,33)/t19-/m1/s1. The van der Waals surface area contributed by atoms with Crippen molar-refractivity contribution in [3.63, 3.8) is 0 Å². The quantitative estimate of drug-likeness (QED) is 0.460. The zero-order valence-corrected chi connectivity index (χ0v) is 23.1. The number of anilines is 1. The van der Waals surface area contributed by atoms with Gasteiger partial charge in [-0.25, -0.2) is 12.8 Å². The number of ether oxygens (including phenoxy) is 2. The average Bonchev–Trinajstić information content (AvgIpc) is 2.90. The highest BCUT2D eigenvalue weighted by Crippen LogP contribution is 2.33. The van der Waals surface area contributed by atoms with E-state index < -0.39 is 34.3 Å². The average molecular weight is 550 g/mol. The summed E-state index contributed by atoms with van der Waals surface area (Å²) in [6.45, 7) is 0.745. The Labute approximate surface area is 224 Å². The Morgan fingerprint density at radius 1 is 1.08 bits per heavy atom. The van der Waals surface area contributed by atoms with E-state index in [1.165, 1.54) is 49.5 Å². The lowest BCUT2D eigenvalue weighted by Gasteiger charge is -2.33. The van der Waals surface area contributed by atoms with Gasteiger partial charge in [0, 0.05) is 24.2 Å². The third-order valence-corrected chi connectivity index (χ3v) is 7.88. The molecular weight excluding hydrogens is 513 g/mol. The number of benzene rings is 2. The lowest BCUT2D eigenvalue weighted by molar-refractivity contribution is -0.139. The predicted molar refractivity (Wildman–Crippen MR) is 143 cm³/mol. The summed E-state index contributed by atoms with van der Waals surface area (Å²) in [4.78, 5) is 28.1. The van der Waals surface area contributed by atoms with Gasteiger partial charge in [-0.05, 0) is 38.0 Å². The maximum Gasteiger partial charge on any atom is 0.244 e. The first-order valence-corrected chi connectivity index (χ1v) is 14.4. The smallest absolute Gasteiger partial charge is 0.244 e. The summed E-state index contributed by atoms with van der Waals surface area (Å²) in [6, 6.07) is 9.56. The Bertz CT molecular complexity index is 1230. The number of hydrogen-bond donors (Lipinski definition) is 1. The molecule has 2 amide bonds. The van der Waals surface area contributed by atoms with Gasteiger partial charge in [0.05, 0.1) is 26.2 Å². The molecule has 0 unspecified atom stereocenters. The molecule has 9 nitrogen and oxygen atoms in total. The lowest BCUT2D eigenvalue weighted by atomic mass is 9.95. The summed E-state index contributed by atoms with van der Waals surface area (Å²) < 4.78 is 51.7.